The van der Waals surface area contributed by atoms with Gasteiger partial charge < -0.3 is 4.43 Å². The van der Waals surface area contributed by atoms with E-state index in [2.05, 4.69) is 33.9 Å². The van der Waals surface area contributed by atoms with E-state index in [-0.39, 0.29) is 5.04 Å². The molecule has 0 amide bonds. The van der Waals surface area contributed by atoms with Gasteiger partial charge in [0.1, 0.15) is 4.33 Å². The highest BCUT2D eigenvalue weighted by Crippen LogP contribution is 2.53. The van der Waals surface area contributed by atoms with Crippen LogP contribution in [0.1, 0.15) is 27.2 Å². The summed E-state index contributed by atoms with van der Waals surface area (Å²) in [6.07, 6.45) is 0.880. The molecule has 0 bridgehead atoms. The van der Waals surface area contributed by atoms with Crippen molar-refractivity contribution in [1.82, 2.24) is 0 Å². The van der Waals surface area contributed by atoms with Gasteiger partial charge in [-0.3, -0.25) is 0 Å². The molecule has 0 aromatic carbocycles. The van der Waals surface area contributed by atoms with E-state index in [0.717, 1.165) is 13.0 Å². The van der Waals surface area contributed by atoms with Crippen LogP contribution in [0.4, 0.5) is 0 Å². The van der Waals surface area contributed by atoms with Crippen molar-refractivity contribution < 1.29 is 4.43 Å². The minimum Gasteiger partial charge on any atom is -0.416 e. The van der Waals surface area contributed by atoms with E-state index in [4.69, 9.17) is 27.6 Å². The van der Waals surface area contributed by atoms with Crippen LogP contribution in [-0.4, -0.2) is 19.3 Å². The van der Waals surface area contributed by atoms with Gasteiger partial charge in [-0.1, -0.05) is 20.8 Å². The van der Waals surface area contributed by atoms with Crippen LogP contribution >= 0.6 is 23.2 Å². The lowest BCUT2D eigenvalue weighted by atomic mass is 10.2. The van der Waals surface area contributed by atoms with Crippen molar-refractivity contribution >= 4 is 31.5 Å². The second kappa shape index (κ2) is 3.65. The number of hydrogen-bond acceptors (Lipinski definition) is 1. The summed E-state index contributed by atoms with van der Waals surface area (Å²) in [4.78, 5) is 0. The van der Waals surface area contributed by atoms with Crippen LogP contribution in [0.25, 0.3) is 0 Å². The van der Waals surface area contributed by atoms with E-state index in [1.165, 1.54) is 0 Å². The highest BCUT2D eigenvalue weighted by atomic mass is 35.5. The fraction of sp³-hybridized carbons (Fsp3) is 1.00. The molecule has 0 spiro atoms. The van der Waals surface area contributed by atoms with Gasteiger partial charge in [-0.25, -0.2) is 0 Å². The van der Waals surface area contributed by atoms with Crippen molar-refractivity contribution in [3.8, 4) is 0 Å². The van der Waals surface area contributed by atoms with Crippen LogP contribution < -0.4 is 0 Å². The van der Waals surface area contributed by atoms with E-state index in [0.29, 0.717) is 5.92 Å². The molecule has 1 nitrogen and oxygen atoms in total. The third-order valence-electron chi connectivity index (χ3n) is 3.41. The molecular weight excluding hydrogens is 235 g/mol. The largest absolute Gasteiger partial charge is 0.416 e. The maximum absolute atomic E-state index is 6.02. The fourth-order valence-corrected chi connectivity index (χ4v) is 2.53. The molecule has 1 saturated carbocycles. The molecule has 0 heterocycles. The molecule has 1 aliphatic rings. The lowest BCUT2D eigenvalue weighted by Crippen LogP contribution is -2.41. The monoisotopic (exact) mass is 254 g/mol. The van der Waals surface area contributed by atoms with Gasteiger partial charge in [-0.05, 0) is 24.6 Å². The molecule has 1 fully saturated rings. The Kier molecular flexibility index (Phi) is 3.35. The molecule has 0 aliphatic heterocycles. The van der Waals surface area contributed by atoms with Crippen molar-refractivity contribution in [1.29, 1.82) is 0 Å². The molecule has 1 atom stereocenters. The SMILES string of the molecule is CC(C)(C)[Si](C)(C)OCC1CC1(Cl)Cl. The molecule has 0 aromatic rings. The maximum Gasteiger partial charge on any atom is 0.191 e. The van der Waals surface area contributed by atoms with Gasteiger partial charge in [-0.2, -0.15) is 0 Å². The maximum atomic E-state index is 6.02. The Morgan fingerprint density at radius 1 is 1.36 bits per heavy atom. The highest BCUT2D eigenvalue weighted by Gasteiger charge is 2.52. The molecule has 0 radical (unpaired) electrons. The Morgan fingerprint density at radius 2 is 1.79 bits per heavy atom. The van der Waals surface area contributed by atoms with Crippen LogP contribution in [0, 0.1) is 5.92 Å². The average molecular weight is 255 g/mol. The van der Waals surface area contributed by atoms with Gasteiger partial charge in [0.2, 0.25) is 0 Å². The topological polar surface area (TPSA) is 9.23 Å². The smallest absolute Gasteiger partial charge is 0.191 e. The highest BCUT2D eigenvalue weighted by molar-refractivity contribution is 6.74. The van der Waals surface area contributed by atoms with Gasteiger partial charge in [0, 0.05) is 12.5 Å². The van der Waals surface area contributed by atoms with Crippen molar-refractivity contribution in [2.45, 2.75) is 49.7 Å². The second-order valence-corrected chi connectivity index (χ2v) is 12.1. The molecule has 0 N–H and O–H groups in total. The summed E-state index contributed by atoms with van der Waals surface area (Å²) >= 11 is 11.9. The van der Waals surface area contributed by atoms with Gasteiger partial charge >= 0.3 is 0 Å². The Morgan fingerprint density at radius 3 is 2.07 bits per heavy atom. The molecule has 1 rings (SSSR count). The third-order valence-corrected chi connectivity index (χ3v) is 8.83. The van der Waals surface area contributed by atoms with Crippen molar-refractivity contribution in [3.63, 3.8) is 0 Å². The van der Waals surface area contributed by atoms with Crippen LogP contribution in [0.15, 0.2) is 0 Å². The van der Waals surface area contributed by atoms with Gasteiger partial charge in [0.15, 0.2) is 8.32 Å². The molecule has 1 unspecified atom stereocenters. The number of rotatable bonds is 3. The zero-order chi connectivity index (χ0) is 11.2. The lowest BCUT2D eigenvalue weighted by Gasteiger charge is -2.36. The number of alkyl halides is 2. The van der Waals surface area contributed by atoms with Crippen molar-refractivity contribution in [2.75, 3.05) is 6.61 Å². The summed E-state index contributed by atoms with van der Waals surface area (Å²) in [5.41, 5.74) is 0. The van der Waals surface area contributed by atoms with Crippen LogP contribution in [0.3, 0.4) is 0 Å². The normalized spacial score (nSPS) is 26.4. The molecule has 4 heteroatoms. The van der Waals surface area contributed by atoms with E-state index < -0.39 is 12.7 Å². The Labute approximate surface area is 98.2 Å². The molecule has 0 saturated heterocycles. The minimum absolute atomic E-state index is 0.267. The Hall–Kier alpha value is 0.757. The Balaban J connectivity index is 2.38. The predicted octanol–water partition coefficient (Wildman–Crippen LogP) is 4.20. The van der Waals surface area contributed by atoms with Crippen LogP contribution in [0.2, 0.25) is 18.1 Å². The van der Waals surface area contributed by atoms with Crippen molar-refractivity contribution in [3.05, 3.63) is 0 Å². The number of hydrogen-bond donors (Lipinski definition) is 0. The first-order chi connectivity index (χ1) is 6.06. The molecular formula is C10H20Cl2OSi. The lowest BCUT2D eigenvalue weighted by molar-refractivity contribution is 0.271. The van der Waals surface area contributed by atoms with Crippen LogP contribution in [-0.2, 0) is 4.43 Å². The third kappa shape index (κ3) is 2.88. The van der Waals surface area contributed by atoms with Crippen LogP contribution in [0.5, 0.6) is 0 Å². The quantitative estimate of drug-likeness (QED) is 0.542. The van der Waals surface area contributed by atoms with E-state index in [9.17, 15) is 0 Å². The van der Waals surface area contributed by atoms with Gasteiger partial charge in [0.25, 0.3) is 0 Å². The zero-order valence-electron chi connectivity index (χ0n) is 9.66. The Bertz CT molecular complexity index is 221. The number of halogens is 2. The van der Waals surface area contributed by atoms with Crippen molar-refractivity contribution in [2.24, 2.45) is 5.92 Å². The summed E-state index contributed by atoms with van der Waals surface area (Å²) in [6.45, 7) is 11.9. The average Bonchev–Trinajstić information content (AvgIpc) is 2.53. The first kappa shape index (κ1) is 12.8. The minimum atomic E-state index is -1.61. The van der Waals surface area contributed by atoms with E-state index in [1.54, 1.807) is 0 Å². The first-order valence-corrected chi connectivity index (χ1v) is 8.74. The van der Waals surface area contributed by atoms with Gasteiger partial charge in [0.05, 0.1) is 0 Å². The molecule has 84 valence electrons. The summed E-state index contributed by atoms with van der Waals surface area (Å²) in [7, 11) is -1.61. The summed E-state index contributed by atoms with van der Waals surface area (Å²) in [6, 6.07) is 0. The molecule has 1 aliphatic carbocycles. The summed E-state index contributed by atoms with van der Waals surface area (Å²) < 4.78 is 5.53. The van der Waals surface area contributed by atoms with E-state index in [1.807, 2.05) is 0 Å². The summed E-state index contributed by atoms with van der Waals surface area (Å²) in [5, 5.41) is 0.267. The van der Waals surface area contributed by atoms with Gasteiger partial charge in [-0.15, -0.1) is 23.2 Å². The predicted molar refractivity (Wildman–Crippen MR) is 65.7 cm³/mol. The first-order valence-electron chi connectivity index (χ1n) is 5.08. The second-order valence-electron chi connectivity index (χ2n) is 5.73. The fourth-order valence-electron chi connectivity index (χ4n) is 0.976. The molecule has 14 heavy (non-hydrogen) atoms. The van der Waals surface area contributed by atoms with E-state index >= 15 is 0 Å². The molecule has 0 aromatic heterocycles. The zero-order valence-corrected chi connectivity index (χ0v) is 12.2. The summed E-state index contributed by atoms with van der Waals surface area (Å²) in [5.74, 6) is 0.347. The standard InChI is InChI=1S/C10H20Cl2OSi/c1-9(2,3)14(4,5)13-7-8-6-10(8,11)12/h8H,6-7H2,1-5H3.